The molecule has 27 heavy (non-hydrogen) atoms. The third-order valence-corrected chi connectivity index (χ3v) is 4.79. The molecule has 0 unspecified atom stereocenters. The zero-order valence-electron chi connectivity index (χ0n) is 15.7. The monoisotopic (exact) mass is 363 g/mol. The molecule has 0 radical (unpaired) electrons. The van der Waals surface area contributed by atoms with E-state index in [-0.39, 0.29) is 12.5 Å². The molecule has 1 aliphatic heterocycles. The number of ether oxygens (including phenoxy) is 1. The average Bonchev–Trinajstić information content (AvgIpc) is 3.16. The number of fused-ring (bicyclic) bond motifs is 1. The number of carbonyl (C=O) groups excluding carboxylic acids is 1. The second kappa shape index (κ2) is 6.87. The second-order valence-corrected chi connectivity index (χ2v) is 6.74. The number of hydrogen-bond acceptors (Lipinski definition) is 5. The smallest absolute Gasteiger partial charge is 0.265 e. The molecule has 0 atom stereocenters. The van der Waals surface area contributed by atoms with Gasteiger partial charge >= 0.3 is 0 Å². The van der Waals surface area contributed by atoms with Crippen molar-refractivity contribution in [2.45, 2.75) is 27.2 Å². The van der Waals surface area contributed by atoms with Gasteiger partial charge in [-0.3, -0.25) is 4.79 Å². The van der Waals surface area contributed by atoms with Gasteiger partial charge in [0.2, 0.25) is 5.82 Å². The lowest BCUT2D eigenvalue weighted by Crippen LogP contribution is -2.39. The number of carbonyl (C=O) groups is 1. The van der Waals surface area contributed by atoms with Gasteiger partial charge in [-0.25, -0.2) is 0 Å². The molecule has 1 aromatic heterocycles. The average molecular weight is 363 g/mol. The van der Waals surface area contributed by atoms with E-state index in [1.807, 2.05) is 43.3 Å². The summed E-state index contributed by atoms with van der Waals surface area (Å²) in [5.41, 5.74) is 4.82. The summed E-state index contributed by atoms with van der Waals surface area (Å²) in [5.74, 6) is 1.62. The Morgan fingerprint density at radius 1 is 1.07 bits per heavy atom. The molecular weight excluding hydrogens is 342 g/mol. The van der Waals surface area contributed by atoms with E-state index in [1.165, 1.54) is 11.1 Å². The van der Waals surface area contributed by atoms with Crippen LogP contribution in [0, 0.1) is 13.8 Å². The summed E-state index contributed by atoms with van der Waals surface area (Å²) < 4.78 is 11.0. The molecule has 0 saturated heterocycles. The lowest BCUT2D eigenvalue weighted by molar-refractivity contribution is -0.121. The summed E-state index contributed by atoms with van der Waals surface area (Å²) >= 11 is 0. The van der Waals surface area contributed by atoms with Crippen LogP contribution in [0.1, 0.15) is 24.5 Å². The van der Waals surface area contributed by atoms with Crippen molar-refractivity contribution >= 4 is 11.6 Å². The summed E-state index contributed by atoms with van der Waals surface area (Å²) in [6.07, 6.45) is 0.870. The van der Waals surface area contributed by atoms with Crippen LogP contribution >= 0.6 is 0 Å². The van der Waals surface area contributed by atoms with E-state index in [2.05, 4.69) is 24.0 Å². The maximum Gasteiger partial charge on any atom is 0.265 e. The lowest BCUT2D eigenvalue weighted by Gasteiger charge is -2.29. The summed E-state index contributed by atoms with van der Waals surface area (Å²) in [4.78, 5) is 18.5. The van der Waals surface area contributed by atoms with Gasteiger partial charge in [0, 0.05) is 17.7 Å². The normalized spacial score (nSPS) is 13.4. The minimum absolute atomic E-state index is 0.0366. The largest absolute Gasteiger partial charge is 0.482 e. The topological polar surface area (TPSA) is 68.5 Å². The van der Waals surface area contributed by atoms with E-state index in [4.69, 9.17) is 9.26 Å². The van der Waals surface area contributed by atoms with Crippen molar-refractivity contribution in [2.75, 3.05) is 18.1 Å². The molecule has 0 bridgehead atoms. The van der Waals surface area contributed by atoms with Crippen LogP contribution in [-0.4, -0.2) is 29.2 Å². The van der Waals surface area contributed by atoms with Crippen molar-refractivity contribution in [2.24, 2.45) is 0 Å². The third-order valence-electron chi connectivity index (χ3n) is 4.79. The van der Waals surface area contributed by atoms with Gasteiger partial charge in [0.25, 0.3) is 11.8 Å². The number of hydrogen-bond donors (Lipinski definition) is 0. The van der Waals surface area contributed by atoms with Gasteiger partial charge in [0.1, 0.15) is 5.75 Å². The fourth-order valence-corrected chi connectivity index (χ4v) is 3.14. The first-order valence-electron chi connectivity index (χ1n) is 9.05. The molecule has 0 fully saturated rings. The van der Waals surface area contributed by atoms with Crippen LogP contribution in [0.25, 0.3) is 22.8 Å². The third kappa shape index (κ3) is 3.18. The summed E-state index contributed by atoms with van der Waals surface area (Å²) in [7, 11) is 0. The van der Waals surface area contributed by atoms with Crippen LogP contribution in [-0.2, 0) is 4.79 Å². The van der Waals surface area contributed by atoms with Crippen LogP contribution in [0.2, 0.25) is 0 Å². The number of amides is 1. The maximum atomic E-state index is 12.2. The van der Waals surface area contributed by atoms with Gasteiger partial charge in [-0.1, -0.05) is 18.1 Å². The Morgan fingerprint density at radius 2 is 1.89 bits per heavy atom. The quantitative estimate of drug-likeness (QED) is 0.696. The SMILES string of the molecule is CCCN1C(=O)COc2ccc(-c3noc(-c4ccc(C)c(C)c4)n3)cc21. The Balaban J connectivity index is 1.70. The Kier molecular flexibility index (Phi) is 4.39. The number of aromatic nitrogens is 2. The molecule has 6 nitrogen and oxygen atoms in total. The van der Waals surface area contributed by atoms with Gasteiger partial charge < -0.3 is 14.2 Å². The molecule has 2 heterocycles. The van der Waals surface area contributed by atoms with Crippen LogP contribution in [0.5, 0.6) is 5.75 Å². The van der Waals surface area contributed by atoms with E-state index in [0.717, 1.165) is 23.2 Å². The van der Waals surface area contributed by atoms with E-state index >= 15 is 0 Å². The molecule has 4 rings (SSSR count). The zero-order chi connectivity index (χ0) is 19.0. The Hall–Kier alpha value is -3.15. The predicted octanol–water partition coefficient (Wildman–Crippen LogP) is 4.16. The van der Waals surface area contributed by atoms with E-state index < -0.39 is 0 Å². The Labute approximate surface area is 157 Å². The fraction of sp³-hybridized carbons (Fsp3) is 0.286. The van der Waals surface area contributed by atoms with Crippen molar-refractivity contribution in [3.05, 3.63) is 47.5 Å². The van der Waals surface area contributed by atoms with Crippen LogP contribution in [0.15, 0.2) is 40.9 Å². The molecule has 6 heteroatoms. The first-order chi connectivity index (χ1) is 13.1. The minimum Gasteiger partial charge on any atom is -0.482 e. The molecule has 0 N–H and O–H groups in total. The van der Waals surface area contributed by atoms with Crippen LogP contribution in [0.3, 0.4) is 0 Å². The van der Waals surface area contributed by atoms with E-state index in [1.54, 1.807) is 4.90 Å². The van der Waals surface area contributed by atoms with Gasteiger partial charge in [-0.2, -0.15) is 4.98 Å². The van der Waals surface area contributed by atoms with Crippen molar-refractivity contribution in [1.29, 1.82) is 0 Å². The van der Waals surface area contributed by atoms with Crippen molar-refractivity contribution < 1.29 is 14.1 Å². The summed E-state index contributed by atoms with van der Waals surface area (Å²) in [6, 6.07) is 11.7. The molecule has 2 aromatic carbocycles. The highest BCUT2D eigenvalue weighted by atomic mass is 16.5. The predicted molar refractivity (Wildman–Crippen MR) is 103 cm³/mol. The molecule has 0 spiro atoms. The van der Waals surface area contributed by atoms with E-state index in [0.29, 0.717) is 24.0 Å². The molecule has 3 aromatic rings. The van der Waals surface area contributed by atoms with Gasteiger partial charge in [0.05, 0.1) is 5.69 Å². The number of aryl methyl sites for hydroxylation is 2. The number of benzene rings is 2. The number of nitrogens with zero attached hydrogens (tertiary/aromatic N) is 3. The molecule has 0 aliphatic carbocycles. The first kappa shape index (κ1) is 17.3. The van der Waals surface area contributed by atoms with Crippen molar-refractivity contribution in [3.8, 4) is 28.6 Å². The van der Waals surface area contributed by atoms with Crippen molar-refractivity contribution in [1.82, 2.24) is 10.1 Å². The molecule has 138 valence electrons. The van der Waals surface area contributed by atoms with Gasteiger partial charge in [-0.15, -0.1) is 0 Å². The van der Waals surface area contributed by atoms with Gasteiger partial charge in [-0.05, 0) is 61.7 Å². The van der Waals surface area contributed by atoms with Crippen molar-refractivity contribution in [3.63, 3.8) is 0 Å². The highest BCUT2D eigenvalue weighted by Crippen LogP contribution is 2.36. The molecule has 0 saturated carbocycles. The summed E-state index contributed by atoms with van der Waals surface area (Å²) in [6.45, 7) is 6.89. The standard InChI is InChI=1S/C21H21N3O3/c1-4-9-24-17-11-15(7-8-18(17)26-12-19(24)25)20-22-21(27-23-20)16-6-5-13(2)14(3)10-16/h5-8,10-11H,4,9,12H2,1-3H3. The number of rotatable bonds is 4. The van der Waals surface area contributed by atoms with E-state index in [9.17, 15) is 4.79 Å². The minimum atomic E-state index is -0.0366. The highest BCUT2D eigenvalue weighted by Gasteiger charge is 2.26. The van der Waals surface area contributed by atoms with Gasteiger partial charge in [0.15, 0.2) is 6.61 Å². The summed E-state index contributed by atoms with van der Waals surface area (Å²) in [5, 5.41) is 4.12. The second-order valence-electron chi connectivity index (χ2n) is 6.74. The maximum absolute atomic E-state index is 12.2. The Morgan fingerprint density at radius 3 is 2.67 bits per heavy atom. The fourth-order valence-electron chi connectivity index (χ4n) is 3.14. The van der Waals surface area contributed by atoms with Crippen LogP contribution < -0.4 is 9.64 Å². The lowest BCUT2D eigenvalue weighted by atomic mass is 10.1. The zero-order valence-corrected chi connectivity index (χ0v) is 15.7. The highest BCUT2D eigenvalue weighted by molar-refractivity contribution is 5.98. The molecule has 1 amide bonds. The molecular formula is C21H21N3O3. The number of anilines is 1. The Bertz CT molecular complexity index is 1010. The first-order valence-corrected chi connectivity index (χ1v) is 9.05. The molecule has 1 aliphatic rings. The van der Waals surface area contributed by atoms with Crippen LogP contribution in [0.4, 0.5) is 5.69 Å².